The topological polar surface area (TPSA) is 112 Å². The average Bonchev–Trinajstić information content (AvgIpc) is 3.84. The van der Waals surface area contributed by atoms with Gasteiger partial charge in [0, 0.05) is 90.1 Å². The third-order valence-electron chi connectivity index (χ3n) is 8.26. The Morgan fingerprint density at radius 1 is 1.13 bits per heavy atom. The lowest BCUT2D eigenvalue weighted by Gasteiger charge is -2.37. The molecule has 7 rings (SSSR count). The third-order valence-corrected chi connectivity index (χ3v) is 10.3. The number of alkyl halides is 2. The highest BCUT2D eigenvalue weighted by molar-refractivity contribution is 7.11. The number of fused-ring (bicyclic) bond motifs is 1. The normalized spacial score (nSPS) is 21.3. The number of thiazole rings is 2. The quantitative estimate of drug-likeness (QED) is 0.273. The van der Waals surface area contributed by atoms with Gasteiger partial charge in [0.05, 0.1) is 11.7 Å². The zero-order valence-corrected chi connectivity index (χ0v) is 25.9. The zero-order chi connectivity index (χ0) is 31.3. The lowest BCUT2D eigenvalue weighted by molar-refractivity contribution is -0.0171. The molecule has 3 aliphatic rings. The molecule has 3 aromatic heterocycles. The Hall–Kier alpha value is -3.79. The van der Waals surface area contributed by atoms with Crippen molar-refractivity contribution in [2.45, 2.75) is 43.5 Å². The number of nitrogens with zero attached hydrogens (tertiary/aromatic N) is 7. The molecule has 2 atom stereocenters. The van der Waals surface area contributed by atoms with Gasteiger partial charge in [-0.25, -0.2) is 23.8 Å². The Balaban J connectivity index is 1.22. The third kappa shape index (κ3) is 5.62. The van der Waals surface area contributed by atoms with Crippen LogP contribution >= 0.6 is 34.3 Å². The maximum Gasteiger partial charge on any atom is 0.333 e. The number of amidine groups is 1. The number of likely N-dealkylation sites (tertiary alicyclic amines) is 1. The van der Waals surface area contributed by atoms with Gasteiger partial charge in [0.25, 0.3) is 0 Å². The molecular formula is C29H26ClF3N8O2S2. The van der Waals surface area contributed by atoms with Crippen LogP contribution in [0.25, 0.3) is 5.57 Å². The van der Waals surface area contributed by atoms with E-state index in [0.29, 0.717) is 70.6 Å². The number of aliphatic imine (C=N–C) groups is 1. The van der Waals surface area contributed by atoms with Crippen LogP contribution in [0.2, 0.25) is 5.02 Å². The molecule has 3 aliphatic heterocycles. The number of hydrogen-bond acceptors (Lipinski definition) is 9. The highest BCUT2D eigenvalue weighted by Gasteiger charge is 2.43. The van der Waals surface area contributed by atoms with Gasteiger partial charge in [0.1, 0.15) is 22.5 Å². The molecule has 0 saturated carbocycles. The molecule has 0 bridgehead atoms. The number of carbonyl (C=O) groups excluding carboxylic acids is 1. The number of aliphatic hydroxyl groups is 1. The van der Waals surface area contributed by atoms with Gasteiger partial charge in [-0.05, 0) is 18.2 Å². The van der Waals surface area contributed by atoms with E-state index in [0.717, 1.165) is 5.70 Å². The summed E-state index contributed by atoms with van der Waals surface area (Å²) in [5, 5.41) is 23.4. The predicted octanol–water partition coefficient (Wildman–Crippen LogP) is 5.66. The Kier molecular flexibility index (Phi) is 7.88. The van der Waals surface area contributed by atoms with Gasteiger partial charge >= 0.3 is 12.6 Å². The number of aromatic nitrogens is 4. The highest BCUT2D eigenvalue weighted by Crippen LogP contribution is 2.46. The van der Waals surface area contributed by atoms with Gasteiger partial charge in [0.15, 0.2) is 10.8 Å². The fourth-order valence-electron chi connectivity index (χ4n) is 6.06. The first-order chi connectivity index (χ1) is 21.7. The van der Waals surface area contributed by atoms with Crippen LogP contribution in [0, 0.1) is 5.82 Å². The second-order valence-electron chi connectivity index (χ2n) is 11.0. The summed E-state index contributed by atoms with van der Waals surface area (Å²) in [7, 11) is 0. The van der Waals surface area contributed by atoms with Gasteiger partial charge in [-0.1, -0.05) is 17.7 Å². The number of rotatable bonds is 6. The molecule has 1 aromatic carbocycles. The first-order valence-corrected chi connectivity index (χ1v) is 16.3. The van der Waals surface area contributed by atoms with Crippen molar-refractivity contribution in [2.75, 3.05) is 19.6 Å². The second-order valence-corrected chi connectivity index (χ2v) is 13.2. The van der Waals surface area contributed by atoms with Crippen LogP contribution in [0.3, 0.4) is 0 Å². The van der Waals surface area contributed by atoms with Gasteiger partial charge in [-0.3, -0.25) is 4.99 Å². The van der Waals surface area contributed by atoms with Gasteiger partial charge in [-0.15, -0.1) is 22.7 Å². The fraction of sp³-hybridized carbons (Fsp3) is 0.345. The fourth-order valence-corrected chi connectivity index (χ4v) is 7.77. The summed E-state index contributed by atoms with van der Waals surface area (Å²) in [5.74, 6) is 0.0126. The summed E-state index contributed by atoms with van der Waals surface area (Å²) in [6.45, 7) is -1.79. The number of amides is 2. The number of halogens is 4. The number of carbonyl (C=O) groups is 1. The van der Waals surface area contributed by atoms with Crippen LogP contribution in [-0.4, -0.2) is 72.2 Å². The minimum atomic E-state index is -2.85. The summed E-state index contributed by atoms with van der Waals surface area (Å²) in [5.41, 5.74) is 0.950. The molecular weight excluding hydrogens is 649 g/mol. The van der Waals surface area contributed by atoms with E-state index in [9.17, 15) is 23.1 Å². The molecule has 45 heavy (non-hydrogen) atoms. The lowest BCUT2D eigenvalue weighted by Crippen LogP contribution is -2.51. The zero-order valence-electron chi connectivity index (χ0n) is 23.5. The molecule has 10 nitrogen and oxygen atoms in total. The molecule has 1 unspecified atom stereocenters. The molecule has 0 aliphatic carbocycles. The number of urea groups is 1. The van der Waals surface area contributed by atoms with Gasteiger partial charge in [-0.2, -0.15) is 13.9 Å². The van der Waals surface area contributed by atoms with Crippen molar-refractivity contribution < 1.29 is 23.1 Å². The Bertz CT molecular complexity index is 1770. The molecule has 4 aromatic rings. The van der Waals surface area contributed by atoms with Crippen molar-refractivity contribution in [2.24, 2.45) is 4.99 Å². The van der Waals surface area contributed by atoms with Crippen molar-refractivity contribution in [3.63, 3.8) is 0 Å². The Labute approximate surface area is 268 Å². The second kappa shape index (κ2) is 11.9. The summed E-state index contributed by atoms with van der Waals surface area (Å²) in [6.07, 6.45) is 5.59. The summed E-state index contributed by atoms with van der Waals surface area (Å²) in [4.78, 5) is 30.8. The van der Waals surface area contributed by atoms with Crippen molar-refractivity contribution in [3.8, 4) is 0 Å². The summed E-state index contributed by atoms with van der Waals surface area (Å²) < 4.78 is 41.9. The van der Waals surface area contributed by atoms with Crippen molar-refractivity contribution in [3.05, 3.63) is 91.4 Å². The number of piperidine rings is 1. The summed E-state index contributed by atoms with van der Waals surface area (Å²) >= 11 is 9.31. The van der Waals surface area contributed by atoms with E-state index in [-0.39, 0.29) is 22.8 Å². The smallest absolute Gasteiger partial charge is 0.333 e. The van der Waals surface area contributed by atoms with Crippen LogP contribution in [0.15, 0.2) is 64.3 Å². The standard InChI is InChI=1S/C29H26ClF3N8O2S2/c30-19-13-16(31)1-2-18(19)23-22(20-3-8-41(38-20)27(32)33)21-14-17(15-40(21)24(37-23)25-34-6-11-44-25)36-28(42)39-9-4-29(43,5-10-39)26-35-7-12-45-26/h1-3,6-8,11-13,17,23,27,43H,4-5,9-10,14-15H2,(H,36,42)/t17?,23-/m0/s1. The minimum Gasteiger partial charge on any atom is -0.383 e. The average molecular weight is 675 g/mol. The van der Waals surface area contributed by atoms with Crippen LogP contribution in [-0.2, 0) is 5.60 Å². The molecule has 234 valence electrons. The molecule has 2 amide bonds. The maximum atomic E-state index is 14.1. The number of hydrogen-bond donors (Lipinski definition) is 2. The van der Waals surface area contributed by atoms with E-state index >= 15 is 0 Å². The Morgan fingerprint density at radius 3 is 2.58 bits per heavy atom. The molecule has 2 fully saturated rings. The monoisotopic (exact) mass is 674 g/mol. The van der Waals surface area contributed by atoms with Gasteiger partial charge in [0.2, 0.25) is 0 Å². The lowest BCUT2D eigenvalue weighted by atomic mass is 9.92. The van der Waals surface area contributed by atoms with E-state index in [1.165, 1.54) is 53.1 Å². The summed E-state index contributed by atoms with van der Waals surface area (Å²) in [6, 6.07) is 4.05. The van der Waals surface area contributed by atoms with Gasteiger partial charge < -0.3 is 20.2 Å². The van der Waals surface area contributed by atoms with E-state index in [1.807, 2.05) is 15.7 Å². The van der Waals surface area contributed by atoms with Crippen molar-refractivity contribution >= 4 is 51.7 Å². The maximum absolute atomic E-state index is 14.1. The molecule has 0 radical (unpaired) electrons. The van der Waals surface area contributed by atoms with Crippen LogP contribution in [0.1, 0.15) is 53.1 Å². The number of benzene rings is 1. The molecule has 6 heterocycles. The number of nitrogens with one attached hydrogen (secondary N) is 1. The highest BCUT2D eigenvalue weighted by atomic mass is 35.5. The molecule has 0 spiro atoms. The predicted molar refractivity (Wildman–Crippen MR) is 164 cm³/mol. The van der Waals surface area contributed by atoms with Crippen molar-refractivity contribution in [1.82, 2.24) is 34.9 Å². The van der Waals surface area contributed by atoms with Crippen molar-refractivity contribution in [1.29, 1.82) is 0 Å². The van der Waals surface area contributed by atoms with E-state index in [2.05, 4.69) is 20.4 Å². The minimum absolute atomic E-state index is 0.132. The molecule has 2 saturated heterocycles. The first-order valence-electron chi connectivity index (χ1n) is 14.1. The SMILES string of the molecule is O=C(NC1CC2=C(c3ccn(C(F)F)n3)[C@H](c3ccc(F)cc3Cl)N=C(c3nccs3)N2C1)N1CCC(O)(c2nccs2)CC1. The van der Waals surface area contributed by atoms with Crippen LogP contribution in [0.4, 0.5) is 18.0 Å². The molecule has 2 N–H and O–H groups in total. The Morgan fingerprint density at radius 2 is 1.91 bits per heavy atom. The van der Waals surface area contributed by atoms with Crippen LogP contribution < -0.4 is 5.32 Å². The first kappa shape index (κ1) is 29.9. The van der Waals surface area contributed by atoms with E-state index in [1.54, 1.807) is 17.3 Å². The van der Waals surface area contributed by atoms with E-state index in [4.69, 9.17) is 16.6 Å². The van der Waals surface area contributed by atoms with E-state index < -0.39 is 24.0 Å². The largest absolute Gasteiger partial charge is 0.383 e. The van der Waals surface area contributed by atoms with Crippen LogP contribution in [0.5, 0.6) is 0 Å². The molecule has 16 heteroatoms.